The van der Waals surface area contributed by atoms with E-state index in [4.69, 9.17) is 0 Å². The maximum atomic E-state index is 4.11. The monoisotopic (exact) mass is 152 g/mol. The second-order valence-corrected chi connectivity index (χ2v) is 1.96. The Hall–Kier alpha value is -0.690. The van der Waals surface area contributed by atoms with E-state index >= 15 is 0 Å². The molecule has 0 N–H and O–H groups in total. The molecule has 0 bridgehead atoms. The fraction of sp³-hybridized carbons (Fsp3) is 0.111. The fourth-order valence-corrected chi connectivity index (χ4v) is 0.794. The molecule has 0 aliphatic carbocycles. The summed E-state index contributed by atoms with van der Waals surface area (Å²) in [6.45, 7) is 6.00. The van der Waals surface area contributed by atoms with E-state index in [9.17, 15) is 0 Å². The van der Waals surface area contributed by atoms with E-state index in [-0.39, 0.29) is 0 Å². The van der Waals surface area contributed by atoms with Gasteiger partial charge < -0.3 is 0 Å². The molecule has 0 radical (unpaired) electrons. The van der Waals surface area contributed by atoms with Crippen molar-refractivity contribution in [3.8, 4) is 0 Å². The maximum absolute atomic E-state index is 4.11. The largest absolute Gasteiger partial charge is 0.175 e. The average molecular weight is 152 g/mol. The van der Waals surface area contributed by atoms with Crippen molar-refractivity contribution in [3.63, 3.8) is 0 Å². The molecule has 0 amide bonds. The lowest BCUT2D eigenvalue weighted by molar-refractivity contribution is 1.43. The van der Waals surface area contributed by atoms with Gasteiger partial charge in [-0.3, -0.25) is 0 Å². The van der Waals surface area contributed by atoms with Gasteiger partial charge in [-0.2, -0.15) is 12.6 Å². The van der Waals surface area contributed by atoms with Crippen LogP contribution < -0.4 is 0 Å². The van der Waals surface area contributed by atoms with Crippen LogP contribution >= 0.6 is 12.6 Å². The summed E-state index contributed by atoms with van der Waals surface area (Å²) in [6, 6.07) is 10.2. The van der Waals surface area contributed by atoms with Gasteiger partial charge in [-0.05, 0) is 5.56 Å². The Kier molecular flexibility index (Phi) is 5.99. The first-order valence-corrected chi connectivity index (χ1v) is 3.71. The van der Waals surface area contributed by atoms with E-state index in [0.29, 0.717) is 0 Å². The minimum atomic E-state index is 0.834. The van der Waals surface area contributed by atoms with E-state index in [1.807, 2.05) is 18.2 Å². The van der Waals surface area contributed by atoms with Gasteiger partial charge in [-0.25, -0.2) is 0 Å². The summed E-state index contributed by atoms with van der Waals surface area (Å²) in [6.07, 6.45) is 0. The number of hydrogen-bond donors (Lipinski definition) is 1. The molecule has 1 aromatic carbocycles. The Bertz CT molecular complexity index is 158. The molecular formula is C9H12S. The minimum absolute atomic E-state index is 0.834. The molecule has 0 saturated heterocycles. The molecule has 0 saturated carbocycles. The van der Waals surface area contributed by atoms with E-state index in [2.05, 4.69) is 37.9 Å². The summed E-state index contributed by atoms with van der Waals surface area (Å²) in [5, 5.41) is 0. The molecule has 0 aliphatic heterocycles. The average Bonchev–Trinajstić information content (AvgIpc) is 2.10. The molecule has 0 aromatic heterocycles. The third-order valence-corrected chi connectivity index (χ3v) is 1.39. The highest BCUT2D eigenvalue weighted by molar-refractivity contribution is 7.79. The zero-order valence-corrected chi connectivity index (χ0v) is 6.85. The van der Waals surface area contributed by atoms with Gasteiger partial charge in [0.25, 0.3) is 0 Å². The lowest BCUT2D eigenvalue weighted by Crippen LogP contribution is -1.71. The van der Waals surface area contributed by atoms with Crippen LogP contribution in [0.25, 0.3) is 0 Å². The summed E-state index contributed by atoms with van der Waals surface area (Å²) in [5.74, 6) is 0.834. The van der Waals surface area contributed by atoms with Crippen LogP contribution in [0.4, 0.5) is 0 Å². The molecule has 1 rings (SSSR count). The van der Waals surface area contributed by atoms with Gasteiger partial charge in [0, 0.05) is 5.75 Å². The van der Waals surface area contributed by atoms with Crippen LogP contribution in [0.15, 0.2) is 43.5 Å². The molecule has 1 aromatic rings. The second-order valence-electron chi connectivity index (χ2n) is 1.64. The van der Waals surface area contributed by atoms with Crippen molar-refractivity contribution in [2.45, 2.75) is 5.75 Å². The highest BCUT2D eigenvalue weighted by Crippen LogP contribution is 2.00. The molecule has 0 fully saturated rings. The molecular weight excluding hydrogens is 140 g/mol. The van der Waals surface area contributed by atoms with Gasteiger partial charge in [0.05, 0.1) is 0 Å². The topological polar surface area (TPSA) is 0 Å². The van der Waals surface area contributed by atoms with Crippen LogP contribution in [-0.2, 0) is 5.75 Å². The fourth-order valence-electron chi connectivity index (χ4n) is 0.583. The van der Waals surface area contributed by atoms with E-state index < -0.39 is 0 Å². The normalized spacial score (nSPS) is 7.70. The maximum Gasteiger partial charge on any atom is 0.0154 e. The van der Waals surface area contributed by atoms with Crippen LogP contribution in [0, 0.1) is 0 Å². The third kappa shape index (κ3) is 3.36. The van der Waals surface area contributed by atoms with Crippen molar-refractivity contribution in [2.24, 2.45) is 0 Å². The zero-order valence-electron chi connectivity index (χ0n) is 5.96. The van der Waals surface area contributed by atoms with Crippen LogP contribution in [-0.4, -0.2) is 0 Å². The molecule has 0 atom stereocenters. The lowest BCUT2D eigenvalue weighted by atomic mass is 10.2. The predicted octanol–water partition coefficient (Wildman–Crippen LogP) is 2.92. The Morgan fingerprint density at radius 3 is 1.90 bits per heavy atom. The highest BCUT2D eigenvalue weighted by atomic mass is 32.1. The molecule has 10 heavy (non-hydrogen) atoms. The standard InChI is InChI=1S/C7H8S.C2H4/c8-6-7-4-2-1-3-5-7;1-2/h1-5,8H,6H2;1-2H2. The van der Waals surface area contributed by atoms with Gasteiger partial charge in [-0.1, -0.05) is 30.3 Å². The number of hydrogen-bond acceptors (Lipinski definition) is 1. The number of benzene rings is 1. The number of rotatable bonds is 1. The number of thiol groups is 1. The quantitative estimate of drug-likeness (QED) is 0.464. The molecule has 0 heterocycles. The first-order chi connectivity index (χ1) is 4.93. The van der Waals surface area contributed by atoms with Crippen LogP contribution in [0.3, 0.4) is 0 Å². The first-order valence-electron chi connectivity index (χ1n) is 3.08. The molecule has 0 nitrogen and oxygen atoms in total. The Morgan fingerprint density at radius 2 is 1.60 bits per heavy atom. The SMILES string of the molecule is C=C.SCc1ccccc1. The Morgan fingerprint density at radius 1 is 1.10 bits per heavy atom. The molecule has 0 unspecified atom stereocenters. The van der Waals surface area contributed by atoms with E-state index in [1.54, 1.807) is 0 Å². The molecule has 0 spiro atoms. The lowest BCUT2D eigenvalue weighted by Gasteiger charge is -1.89. The smallest absolute Gasteiger partial charge is 0.0154 e. The van der Waals surface area contributed by atoms with Gasteiger partial charge in [0.1, 0.15) is 0 Å². The van der Waals surface area contributed by atoms with Crippen molar-refractivity contribution in [1.82, 2.24) is 0 Å². The summed E-state index contributed by atoms with van der Waals surface area (Å²) >= 11 is 4.11. The summed E-state index contributed by atoms with van der Waals surface area (Å²) < 4.78 is 0. The summed E-state index contributed by atoms with van der Waals surface area (Å²) in [7, 11) is 0. The van der Waals surface area contributed by atoms with Gasteiger partial charge in [-0.15, -0.1) is 13.2 Å². The second kappa shape index (κ2) is 6.43. The molecule has 0 aliphatic rings. The van der Waals surface area contributed by atoms with Crippen molar-refractivity contribution in [3.05, 3.63) is 49.1 Å². The predicted molar refractivity (Wildman–Crippen MR) is 50.4 cm³/mol. The van der Waals surface area contributed by atoms with Crippen molar-refractivity contribution in [2.75, 3.05) is 0 Å². The third-order valence-electron chi connectivity index (χ3n) is 1.03. The first kappa shape index (κ1) is 9.31. The van der Waals surface area contributed by atoms with E-state index in [0.717, 1.165) is 5.75 Å². The Balaban J connectivity index is 0.000000371. The van der Waals surface area contributed by atoms with Crippen LogP contribution in [0.1, 0.15) is 5.56 Å². The Labute approximate surface area is 68.0 Å². The van der Waals surface area contributed by atoms with Gasteiger partial charge in [0.2, 0.25) is 0 Å². The summed E-state index contributed by atoms with van der Waals surface area (Å²) in [5.41, 5.74) is 1.27. The van der Waals surface area contributed by atoms with Gasteiger partial charge >= 0.3 is 0 Å². The minimum Gasteiger partial charge on any atom is -0.175 e. The van der Waals surface area contributed by atoms with Crippen molar-refractivity contribution < 1.29 is 0 Å². The van der Waals surface area contributed by atoms with Crippen LogP contribution in [0.2, 0.25) is 0 Å². The highest BCUT2D eigenvalue weighted by Gasteiger charge is 1.80. The van der Waals surface area contributed by atoms with Crippen molar-refractivity contribution in [1.29, 1.82) is 0 Å². The zero-order chi connectivity index (χ0) is 7.82. The van der Waals surface area contributed by atoms with E-state index in [1.165, 1.54) is 5.56 Å². The van der Waals surface area contributed by atoms with Crippen molar-refractivity contribution >= 4 is 12.6 Å². The summed E-state index contributed by atoms with van der Waals surface area (Å²) in [4.78, 5) is 0. The van der Waals surface area contributed by atoms with Crippen LogP contribution in [0.5, 0.6) is 0 Å². The molecule has 1 heteroatoms. The van der Waals surface area contributed by atoms with Gasteiger partial charge in [0.15, 0.2) is 0 Å². The molecule has 54 valence electrons.